The number of amides is 1. The summed E-state index contributed by atoms with van der Waals surface area (Å²) in [7, 11) is 0. The Labute approximate surface area is 174 Å². The Hall–Kier alpha value is -3.46. The van der Waals surface area contributed by atoms with Gasteiger partial charge >= 0.3 is 0 Å². The Kier molecular flexibility index (Phi) is 5.62. The molecule has 2 heterocycles. The molecule has 1 N–H and O–H groups in total. The van der Waals surface area contributed by atoms with E-state index in [1.54, 1.807) is 23.0 Å². The molecule has 0 fully saturated rings. The van der Waals surface area contributed by atoms with Crippen LogP contribution >= 0.6 is 11.8 Å². The normalized spacial score (nSPS) is 10.9. The molecule has 4 rings (SSSR count). The number of anilines is 1. The zero-order chi connectivity index (χ0) is 21.1. The lowest BCUT2D eigenvalue weighted by Gasteiger charge is -2.10. The average molecular weight is 426 g/mol. The van der Waals surface area contributed by atoms with Crippen LogP contribution in [0.2, 0.25) is 0 Å². The van der Waals surface area contributed by atoms with Crippen LogP contribution in [0, 0.1) is 18.6 Å². The molecular formula is C21H16F2N4O2S. The van der Waals surface area contributed by atoms with Gasteiger partial charge in [0.25, 0.3) is 0 Å². The second-order valence-corrected chi connectivity index (χ2v) is 7.36. The standard InChI is InChI=1S/C21H16F2N4O2S/c1-13-4-7-15(8-5-13)27-20(18-3-2-10-29-18)25-26-21(27)30-12-19(28)24-14-6-9-16(22)17(23)11-14/h2-11H,12H2,1H3,(H,24,28). The molecule has 6 nitrogen and oxygen atoms in total. The molecule has 1 amide bonds. The van der Waals surface area contributed by atoms with Gasteiger partial charge in [0.05, 0.1) is 12.0 Å². The minimum atomic E-state index is -1.03. The molecule has 30 heavy (non-hydrogen) atoms. The number of carbonyl (C=O) groups excluding carboxylic acids is 1. The van der Waals surface area contributed by atoms with Crippen molar-refractivity contribution in [3.63, 3.8) is 0 Å². The first kappa shape index (κ1) is 19.8. The first-order valence-electron chi connectivity index (χ1n) is 8.95. The maximum absolute atomic E-state index is 13.3. The summed E-state index contributed by atoms with van der Waals surface area (Å²) in [4.78, 5) is 12.3. The SMILES string of the molecule is Cc1ccc(-n2c(SCC(=O)Nc3ccc(F)c(F)c3)nnc2-c2ccco2)cc1. The predicted octanol–water partition coefficient (Wildman–Crippen LogP) is 4.84. The maximum atomic E-state index is 13.3. The van der Waals surface area contributed by atoms with E-state index in [4.69, 9.17) is 4.42 Å². The molecule has 152 valence electrons. The van der Waals surface area contributed by atoms with Crippen LogP contribution in [-0.4, -0.2) is 26.4 Å². The van der Waals surface area contributed by atoms with Gasteiger partial charge < -0.3 is 9.73 Å². The van der Waals surface area contributed by atoms with Crippen LogP contribution in [0.1, 0.15) is 5.56 Å². The van der Waals surface area contributed by atoms with Gasteiger partial charge in [0, 0.05) is 17.4 Å². The van der Waals surface area contributed by atoms with Crippen molar-refractivity contribution in [3.8, 4) is 17.3 Å². The van der Waals surface area contributed by atoms with Crippen LogP contribution in [0.3, 0.4) is 0 Å². The number of benzene rings is 2. The monoisotopic (exact) mass is 426 g/mol. The van der Waals surface area contributed by atoms with E-state index in [-0.39, 0.29) is 17.3 Å². The lowest BCUT2D eigenvalue weighted by molar-refractivity contribution is -0.113. The number of carbonyl (C=O) groups is 1. The van der Waals surface area contributed by atoms with Crippen molar-refractivity contribution < 1.29 is 18.0 Å². The van der Waals surface area contributed by atoms with Gasteiger partial charge in [-0.05, 0) is 43.3 Å². The summed E-state index contributed by atoms with van der Waals surface area (Å²) in [5.41, 5.74) is 2.10. The summed E-state index contributed by atoms with van der Waals surface area (Å²) in [5, 5.41) is 11.4. The summed E-state index contributed by atoms with van der Waals surface area (Å²) in [6.07, 6.45) is 1.55. The molecule has 2 aromatic carbocycles. The highest BCUT2D eigenvalue weighted by molar-refractivity contribution is 7.99. The fourth-order valence-electron chi connectivity index (χ4n) is 2.76. The van der Waals surface area contributed by atoms with Crippen molar-refractivity contribution in [1.29, 1.82) is 0 Å². The first-order valence-corrected chi connectivity index (χ1v) is 9.94. The summed E-state index contributed by atoms with van der Waals surface area (Å²) >= 11 is 1.17. The Morgan fingerprint density at radius 3 is 2.60 bits per heavy atom. The molecule has 0 saturated heterocycles. The van der Waals surface area contributed by atoms with Gasteiger partial charge in [-0.15, -0.1) is 10.2 Å². The third-order valence-electron chi connectivity index (χ3n) is 4.20. The molecule has 4 aromatic rings. The third kappa shape index (κ3) is 4.25. The van der Waals surface area contributed by atoms with E-state index in [2.05, 4.69) is 15.5 Å². The van der Waals surface area contributed by atoms with Crippen LogP contribution in [0.4, 0.5) is 14.5 Å². The van der Waals surface area contributed by atoms with E-state index in [1.165, 1.54) is 17.8 Å². The molecular weight excluding hydrogens is 410 g/mol. The van der Waals surface area contributed by atoms with E-state index in [0.29, 0.717) is 16.7 Å². The minimum Gasteiger partial charge on any atom is -0.461 e. The number of aromatic nitrogens is 3. The number of rotatable bonds is 6. The maximum Gasteiger partial charge on any atom is 0.234 e. The quantitative estimate of drug-likeness (QED) is 0.447. The van der Waals surface area contributed by atoms with E-state index in [1.807, 2.05) is 31.2 Å². The number of halogens is 2. The molecule has 2 aromatic heterocycles. The molecule has 9 heteroatoms. The highest BCUT2D eigenvalue weighted by atomic mass is 32.2. The van der Waals surface area contributed by atoms with Crippen molar-refractivity contribution in [2.24, 2.45) is 0 Å². The van der Waals surface area contributed by atoms with Gasteiger partial charge in [-0.1, -0.05) is 29.5 Å². The largest absolute Gasteiger partial charge is 0.461 e. The summed E-state index contributed by atoms with van der Waals surface area (Å²) in [6.45, 7) is 1.99. The summed E-state index contributed by atoms with van der Waals surface area (Å²) in [6, 6.07) is 14.5. The molecule has 0 aliphatic rings. The molecule has 0 spiro atoms. The lowest BCUT2D eigenvalue weighted by atomic mass is 10.2. The van der Waals surface area contributed by atoms with E-state index >= 15 is 0 Å². The van der Waals surface area contributed by atoms with Gasteiger partial charge in [0.15, 0.2) is 22.6 Å². The molecule has 0 aliphatic carbocycles. The van der Waals surface area contributed by atoms with E-state index < -0.39 is 11.6 Å². The number of nitrogens with zero attached hydrogens (tertiary/aromatic N) is 3. The van der Waals surface area contributed by atoms with Crippen molar-refractivity contribution in [3.05, 3.63) is 78.1 Å². The van der Waals surface area contributed by atoms with Crippen molar-refractivity contribution >= 4 is 23.4 Å². The Morgan fingerprint density at radius 2 is 1.90 bits per heavy atom. The van der Waals surface area contributed by atoms with Crippen molar-refractivity contribution in [2.45, 2.75) is 12.1 Å². The highest BCUT2D eigenvalue weighted by Gasteiger charge is 2.19. The van der Waals surface area contributed by atoms with Crippen LogP contribution in [-0.2, 0) is 4.79 Å². The van der Waals surface area contributed by atoms with Crippen LogP contribution < -0.4 is 5.32 Å². The Morgan fingerprint density at radius 1 is 1.10 bits per heavy atom. The van der Waals surface area contributed by atoms with Gasteiger partial charge in [-0.2, -0.15) is 0 Å². The highest BCUT2D eigenvalue weighted by Crippen LogP contribution is 2.28. The number of nitrogens with one attached hydrogen (secondary N) is 1. The number of aryl methyl sites for hydroxylation is 1. The molecule has 0 saturated carbocycles. The number of thioether (sulfide) groups is 1. The minimum absolute atomic E-state index is 0.00114. The Bertz CT molecular complexity index is 1170. The first-order chi connectivity index (χ1) is 14.5. The molecule has 0 atom stereocenters. The summed E-state index contributed by atoms with van der Waals surface area (Å²) in [5.74, 6) is -1.33. The summed E-state index contributed by atoms with van der Waals surface area (Å²) < 4.78 is 33.6. The zero-order valence-corrected chi connectivity index (χ0v) is 16.6. The topological polar surface area (TPSA) is 73.0 Å². The number of hydrogen-bond donors (Lipinski definition) is 1. The predicted molar refractivity (Wildman–Crippen MR) is 110 cm³/mol. The molecule has 0 radical (unpaired) electrons. The second kappa shape index (κ2) is 8.50. The fraction of sp³-hybridized carbons (Fsp3) is 0.0952. The average Bonchev–Trinajstić information content (AvgIpc) is 3.39. The van der Waals surface area contributed by atoms with Gasteiger partial charge in [0.1, 0.15) is 0 Å². The second-order valence-electron chi connectivity index (χ2n) is 6.42. The van der Waals surface area contributed by atoms with E-state index in [9.17, 15) is 13.6 Å². The molecule has 0 unspecified atom stereocenters. The van der Waals surface area contributed by atoms with E-state index in [0.717, 1.165) is 23.4 Å². The number of furan rings is 1. The third-order valence-corrected chi connectivity index (χ3v) is 5.13. The molecule has 0 aliphatic heterocycles. The van der Waals surface area contributed by atoms with Crippen LogP contribution in [0.5, 0.6) is 0 Å². The fourth-order valence-corrected chi connectivity index (χ4v) is 3.51. The lowest BCUT2D eigenvalue weighted by Crippen LogP contribution is -2.14. The van der Waals surface area contributed by atoms with Gasteiger partial charge in [0.2, 0.25) is 11.7 Å². The number of hydrogen-bond acceptors (Lipinski definition) is 5. The van der Waals surface area contributed by atoms with Crippen LogP contribution in [0.25, 0.3) is 17.3 Å². The smallest absolute Gasteiger partial charge is 0.234 e. The van der Waals surface area contributed by atoms with Gasteiger partial charge in [-0.3, -0.25) is 9.36 Å². The Balaban J connectivity index is 1.55. The molecule has 0 bridgehead atoms. The zero-order valence-electron chi connectivity index (χ0n) is 15.8. The van der Waals surface area contributed by atoms with Crippen molar-refractivity contribution in [1.82, 2.24) is 14.8 Å². The van der Waals surface area contributed by atoms with Gasteiger partial charge in [-0.25, -0.2) is 8.78 Å². The van der Waals surface area contributed by atoms with Crippen LogP contribution in [0.15, 0.2) is 70.4 Å². The van der Waals surface area contributed by atoms with Crippen molar-refractivity contribution in [2.75, 3.05) is 11.1 Å².